The summed E-state index contributed by atoms with van der Waals surface area (Å²) in [5, 5.41) is 12.3. The first kappa shape index (κ1) is 18.2. The van der Waals surface area contributed by atoms with Gasteiger partial charge in [-0.25, -0.2) is 4.79 Å². The molecule has 0 heterocycles. The van der Waals surface area contributed by atoms with Crippen LogP contribution in [0.4, 0.5) is 5.69 Å². The van der Waals surface area contributed by atoms with Crippen LogP contribution in [0.3, 0.4) is 0 Å². The first-order chi connectivity index (χ1) is 12.0. The summed E-state index contributed by atoms with van der Waals surface area (Å²) in [4.78, 5) is 23.8. The number of nitrogens with one attached hydrogen (secondary N) is 1. The Labute approximate surface area is 150 Å². The van der Waals surface area contributed by atoms with Gasteiger partial charge in [0, 0.05) is 0 Å². The predicted molar refractivity (Wildman–Crippen MR) is 96.2 cm³/mol. The van der Waals surface area contributed by atoms with Crippen molar-refractivity contribution in [3.63, 3.8) is 0 Å². The third-order valence-electron chi connectivity index (χ3n) is 3.47. The van der Waals surface area contributed by atoms with Crippen LogP contribution in [0.1, 0.15) is 21.5 Å². The highest BCUT2D eigenvalue weighted by Gasteiger charge is 2.13. The lowest BCUT2D eigenvalue weighted by Crippen LogP contribution is -2.14. The second-order valence-corrected chi connectivity index (χ2v) is 5.58. The summed E-state index contributed by atoms with van der Waals surface area (Å²) < 4.78 is 4.62. The number of halogens is 1. The van der Waals surface area contributed by atoms with E-state index in [9.17, 15) is 14.9 Å². The number of benzene rings is 2. The molecule has 0 aliphatic rings. The molecule has 0 bridgehead atoms. The number of methoxy groups -OCH3 is 1. The number of carbonyl (C=O) groups is 2. The van der Waals surface area contributed by atoms with Gasteiger partial charge in [-0.3, -0.25) is 4.79 Å². The van der Waals surface area contributed by atoms with Gasteiger partial charge < -0.3 is 10.1 Å². The Bertz CT molecular complexity index is 860. The van der Waals surface area contributed by atoms with Crippen LogP contribution >= 0.6 is 11.6 Å². The van der Waals surface area contributed by atoms with Crippen LogP contribution in [0.25, 0.3) is 6.08 Å². The normalized spacial score (nSPS) is 10.7. The molecule has 2 rings (SSSR count). The maximum absolute atomic E-state index is 12.3. The quantitative estimate of drug-likeness (QED) is 0.511. The van der Waals surface area contributed by atoms with Crippen molar-refractivity contribution in [2.24, 2.45) is 0 Å². The minimum atomic E-state index is -0.559. The first-order valence-corrected chi connectivity index (χ1v) is 7.70. The van der Waals surface area contributed by atoms with Crippen LogP contribution in [0, 0.1) is 18.3 Å². The van der Waals surface area contributed by atoms with Crippen molar-refractivity contribution in [1.82, 2.24) is 0 Å². The standard InChI is InChI=1S/C19H15ClN2O3/c1-12-4-3-5-16(20)17(12)22-18(23)15(11-21)10-13-6-8-14(9-7-13)19(24)25-2/h3-10H,1-2H3,(H,22,23)/b15-10+. The van der Waals surface area contributed by atoms with Crippen molar-refractivity contribution >= 4 is 35.2 Å². The van der Waals surface area contributed by atoms with Crippen molar-refractivity contribution in [3.8, 4) is 6.07 Å². The van der Waals surface area contributed by atoms with Crippen molar-refractivity contribution in [2.45, 2.75) is 6.92 Å². The molecule has 0 unspecified atom stereocenters. The van der Waals surface area contributed by atoms with Crippen LogP contribution in [0.15, 0.2) is 48.0 Å². The Morgan fingerprint density at radius 2 is 1.88 bits per heavy atom. The van der Waals surface area contributed by atoms with Crippen LogP contribution < -0.4 is 5.32 Å². The molecule has 2 aromatic rings. The molecule has 25 heavy (non-hydrogen) atoms. The zero-order valence-corrected chi connectivity index (χ0v) is 14.4. The van der Waals surface area contributed by atoms with E-state index in [1.807, 2.05) is 19.1 Å². The highest BCUT2D eigenvalue weighted by atomic mass is 35.5. The minimum Gasteiger partial charge on any atom is -0.465 e. The number of rotatable bonds is 4. The van der Waals surface area contributed by atoms with Crippen molar-refractivity contribution in [2.75, 3.05) is 12.4 Å². The smallest absolute Gasteiger partial charge is 0.337 e. The number of nitriles is 1. The van der Waals surface area contributed by atoms with E-state index in [1.54, 1.807) is 36.4 Å². The van der Waals surface area contributed by atoms with E-state index in [2.05, 4.69) is 10.1 Å². The number of amides is 1. The number of anilines is 1. The van der Waals surface area contributed by atoms with Crippen molar-refractivity contribution in [3.05, 3.63) is 69.8 Å². The van der Waals surface area contributed by atoms with Crippen molar-refractivity contribution < 1.29 is 14.3 Å². The average molecular weight is 355 g/mol. The zero-order valence-electron chi connectivity index (χ0n) is 13.7. The Kier molecular flexibility index (Phi) is 5.93. The van der Waals surface area contributed by atoms with Crippen LogP contribution in [-0.4, -0.2) is 19.0 Å². The van der Waals surface area contributed by atoms with Gasteiger partial charge in [-0.2, -0.15) is 5.26 Å². The average Bonchev–Trinajstić information content (AvgIpc) is 2.62. The molecule has 6 heteroatoms. The minimum absolute atomic E-state index is 0.0786. The van der Waals surface area contributed by atoms with Gasteiger partial charge in [0.1, 0.15) is 11.6 Å². The molecule has 5 nitrogen and oxygen atoms in total. The van der Waals surface area contributed by atoms with Crippen LogP contribution in [-0.2, 0) is 9.53 Å². The van der Waals surface area contributed by atoms with Gasteiger partial charge >= 0.3 is 5.97 Å². The molecule has 2 aromatic carbocycles. The summed E-state index contributed by atoms with van der Waals surface area (Å²) in [6, 6.07) is 13.5. The summed E-state index contributed by atoms with van der Waals surface area (Å²) in [5.41, 5.74) is 2.17. The summed E-state index contributed by atoms with van der Waals surface area (Å²) >= 11 is 6.08. The molecule has 0 saturated carbocycles. The number of hydrogen-bond donors (Lipinski definition) is 1. The third kappa shape index (κ3) is 4.46. The van der Waals surface area contributed by atoms with E-state index in [1.165, 1.54) is 13.2 Å². The van der Waals surface area contributed by atoms with Gasteiger partial charge in [-0.15, -0.1) is 0 Å². The molecule has 0 aliphatic carbocycles. The highest BCUT2D eigenvalue weighted by Crippen LogP contribution is 2.25. The molecular formula is C19H15ClN2O3. The monoisotopic (exact) mass is 354 g/mol. The Morgan fingerprint density at radius 1 is 1.20 bits per heavy atom. The van der Waals surface area contributed by atoms with Gasteiger partial charge in [0.05, 0.1) is 23.4 Å². The van der Waals surface area contributed by atoms with Crippen LogP contribution in [0.5, 0.6) is 0 Å². The number of ether oxygens (including phenoxy) is 1. The number of hydrogen-bond acceptors (Lipinski definition) is 4. The summed E-state index contributed by atoms with van der Waals surface area (Å²) in [7, 11) is 1.30. The van der Waals surface area contributed by atoms with E-state index in [0.717, 1.165) is 5.56 Å². The Balaban J connectivity index is 2.24. The van der Waals surface area contributed by atoms with E-state index in [4.69, 9.17) is 11.6 Å². The molecule has 126 valence electrons. The SMILES string of the molecule is COC(=O)c1ccc(/C=C(\C#N)C(=O)Nc2c(C)cccc2Cl)cc1. The van der Waals surface area contributed by atoms with Gasteiger partial charge in [-0.05, 0) is 42.3 Å². The largest absolute Gasteiger partial charge is 0.465 e. The van der Waals surface area contributed by atoms with E-state index >= 15 is 0 Å². The lowest BCUT2D eigenvalue weighted by Gasteiger charge is -2.09. The van der Waals surface area contributed by atoms with Gasteiger partial charge in [0.15, 0.2) is 0 Å². The number of para-hydroxylation sites is 1. The van der Waals surface area contributed by atoms with Gasteiger partial charge in [0.25, 0.3) is 5.91 Å². The molecule has 0 radical (unpaired) electrons. The maximum atomic E-state index is 12.3. The molecular weight excluding hydrogens is 340 g/mol. The molecule has 0 fully saturated rings. The Hall–Kier alpha value is -3.10. The molecule has 0 aliphatic heterocycles. The first-order valence-electron chi connectivity index (χ1n) is 7.33. The van der Waals surface area contributed by atoms with E-state index in [0.29, 0.717) is 21.8 Å². The summed E-state index contributed by atoms with van der Waals surface area (Å²) in [6.45, 7) is 1.81. The molecule has 0 atom stereocenters. The highest BCUT2D eigenvalue weighted by molar-refractivity contribution is 6.34. The van der Waals surface area contributed by atoms with Crippen LogP contribution in [0.2, 0.25) is 5.02 Å². The predicted octanol–water partition coefficient (Wildman–Crippen LogP) is 3.98. The molecule has 1 N–H and O–H groups in total. The fourth-order valence-corrected chi connectivity index (χ4v) is 2.39. The maximum Gasteiger partial charge on any atom is 0.337 e. The topological polar surface area (TPSA) is 79.2 Å². The second-order valence-electron chi connectivity index (χ2n) is 5.17. The number of aryl methyl sites for hydroxylation is 1. The summed E-state index contributed by atoms with van der Waals surface area (Å²) in [5.74, 6) is -1.02. The summed E-state index contributed by atoms with van der Waals surface area (Å²) in [6.07, 6.45) is 1.43. The number of esters is 1. The van der Waals surface area contributed by atoms with E-state index < -0.39 is 11.9 Å². The molecule has 0 spiro atoms. The zero-order chi connectivity index (χ0) is 18.4. The molecule has 1 amide bonds. The lowest BCUT2D eigenvalue weighted by molar-refractivity contribution is -0.112. The fraction of sp³-hybridized carbons (Fsp3) is 0.105. The number of carbonyl (C=O) groups excluding carboxylic acids is 2. The molecule has 0 aromatic heterocycles. The van der Waals surface area contributed by atoms with Gasteiger partial charge in [-0.1, -0.05) is 35.9 Å². The second kappa shape index (κ2) is 8.13. The lowest BCUT2D eigenvalue weighted by atomic mass is 10.1. The molecule has 0 saturated heterocycles. The van der Waals surface area contributed by atoms with E-state index in [-0.39, 0.29) is 5.57 Å². The Morgan fingerprint density at radius 3 is 2.44 bits per heavy atom. The van der Waals surface area contributed by atoms with Gasteiger partial charge in [0.2, 0.25) is 0 Å². The number of nitrogens with zero attached hydrogens (tertiary/aromatic N) is 1. The van der Waals surface area contributed by atoms with Crippen molar-refractivity contribution in [1.29, 1.82) is 5.26 Å². The third-order valence-corrected chi connectivity index (χ3v) is 3.78. The fourth-order valence-electron chi connectivity index (χ4n) is 2.12.